The van der Waals surface area contributed by atoms with Crippen LogP contribution < -0.4 is 0 Å². The van der Waals surface area contributed by atoms with Crippen LogP contribution in [-0.4, -0.2) is 0 Å². The highest BCUT2D eigenvalue weighted by molar-refractivity contribution is 5.39. The van der Waals surface area contributed by atoms with Crippen LogP contribution in [0.3, 0.4) is 0 Å². The van der Waals surface area contributed by atoms with Crippen molar-refractivity contribution in [1.82, 2.24) is 0 Å². The SMILES string of the molecule is CCc1cc(F)c(C#C[C@H]2CC[C@H](c3cc(F)c(F)c(F)c3)CC2)c(F)c1. The highest BCUT2D eigenvalue weighted by atomic mass is 19.2. The molecule has 5 heteroatoms. The van der Waals surface area contributed by atoms with Crippen LogP contribution in [0.2, 0.25) is 0 Å². The number of hydrogen-bond donors (Lipinski definition) is 0. The zero-order chi connectivity index (χ0) is 19.6. The zero-order valence-corrected chi connectivity index (χ0v) is 14.9. The third-order valence-electron chi connectivity index (χ3n) is 5.12. The summed E-state index contributed by atoms with van der Waals surface area (Å²) in [6.45, 7) is 1.82. The zero-order valence-electron chi connectivity index (χ0n) is 14.9. The summed E-state index contributed by atoms with van der Waals surface area (Å²) in [6.07, 6.45) is 3.09. The van der Waals surface area contributed by atoms with Gasteiger partial charge in [-0.2, -0.15) is 0 Å². The molecule has 2 aromatic carbocycles. The summed E-state index contributed by atoms with van der Waals surface area (Å²) < 4.78 is 67.9. The normalized spacial score (nSPS) is 19.5. The quantitative estimate of drug-likeness (QED) is 0.328. The Morgan fingerprint density at radius 3 is 1.89 bits per heavy atom. The van der Waals surface area contributed by atoms with Crippen LogP contribution in [0.5, 0.6) is 0 Å². The van der Waals surface area contributed by atoms with E-state index in [0.29, 0.717) is 43.2 Å². The van der Waals surface area contributed by atoms with Gasteiger partial charge in [0.25, 0.3) is 0 Å². The Bertz CT molecular complexity index is 853. The molecule has 0 amide bonds. The van der Waals surface area contributed by atoms with E-state index in [4.69, 9.17) is 0 Å². The van der Waals surface area contributed by atoms with Gasteiger partial charge in [0, 0.05) is 5.92 Å². The van der Waals surface area contributed by atoms with Crippen LogP contribution >= 0.6 is 0 Å². The van der Waals surface area contributed by atoms with Crippen LogP contribution in [0, 0.1) is 46.8 Å². The number of hydrogen-bond acceptors (Lipinski definition) is 0. The minimum atomic E-state index is -1.46. The second-order valence-corrected chi connectivity index (χ2v) is 6.90. The molecule has 1 saturated carbocycles. The number of rotatable bonds is 2. The van der Waals surface area contributed by atoms with Crippen LogP contribution in [0.15, 0.2) is 24.3 Å². The van der Waals surface area contributed by atoms with E-state index in [2.05, 4.69) is 11.8 Å². The van der Waals surface area contributed by atoms with Crippen molar-refractivity contribution in [3.63, 3.8) is 0 Å². The van der Waals surface area contributed by atoms with Gasteiger partial charge in [0.1, 0.15) is 11.6 Å². The Kier molecular flexibility index (Phi) is 5.84. The summed E-state index contributed by atoms with van der Waals surface area (Å²) in [5.41, 5.74) is 0.789. The minimum Gasteiger partial charge on any atom is -0.206 e. The van der Waals surface area contributed by atoms with Crippen molar-refractivity contribution in [3.05, 3.63) is 70.0 Å². The molecule has 2 aromatic rings. The molecule has 1 aliphatic carbocycles. The van der Waals surface area contributed by atoms with Crippen molar-refractivity contribution in [3.8, 4) is 11.8 Å². The molecule has 0 aromatic heterocycles. The minimum absolute atomic E-state index is 0.0407. The summed E-state index contributed by atoms with van der Waals surface area (Å²) in [5, 5.41) is 0. The van der Waals surface area contributed by atoms with Crippen molar-refractivity contribution >= 4 is 0 Å². The van der Waals surface area contributed by atoms with Crippen molar-refractivity contribution in [2.45, 2.75) is 44.9 Å². The fraction of sp³-hybridized carbons (Fsp3) is 0.364. The first-order valence-electron chi connectivity index (χ1n) is 9.03. The van der Waals surface area contributed by atoms with Crippen LogP contribution in [-0.2, 0) is 6.42 Å². The lowest BCUT2D eigenvalue weighted by Gasteiger charge is -2.26. The summed E-state index contributed by atoms with van der Waals surface area (Å²) in [5.74, 6) is 0.258. The van der Waals surface area contributed by atoms with Gasteiger partial charge in [-0.05, 0) is 73.4 Å². The van der Waals surface area contributed by atoms with Gasteiger partial charge in [-0.3, -0.25) is 0 Å². The Morgan fingerprint density at radius 2 is 1.37 bits per heavy atom. The molecule has 0 aliphatic heterocycles. The van der Waals surface area contributed by atoms with Crippen molar-refractivity contribution in [2.24, 2.45) is 5.92 Å². The summed E-state index contributed by atoms with van der Waals surface area (Å²) in [7, 11) is 0. The molecule has 0 radical (unpaired) electrons. The van der Waals surface area contributed by atoms with E-state index in [9.17, 15) is 22.0 Å². The highest BCUT2D eigenvalue weighted by Crippen LogP contribution is 2.36. The van der Waals surface area contributed by atoms with Gasteiger partial charge >= 0.3 is 0 Å². The van der Waals surface area contributed by atoms with E-state index >= 15 is 0 Å². The highest BCUT2D eigenvalue weighted by Gasteiger charge is 2.23. The predicted molar refractivity (Wildman–Crippen MR) is 93.6 cm³/mol. The smallest absolute Gasteiger partial charge is 0.194 e. The molecule has 0 nitrogen and oxygen atoms in total. The van der Waals surface area contributed by atoms with Gasteiger partial charge in [0.15, 0.2) is 17.5 Å². The molecule has 0 spiro atoms. The van der Waals surface area contributed by atoms with Crippen LogP contribution in [0.1, 0.15) is 55.2 Å². The maximum atomic E-state index is 14.0. The second-order valence-electron chi connectivity index (χ2n) is 6.90. The van der Waals surface area contributed by atoms with Crippen molar-refractivity contribution in [1.29, 1.82) is 0 Å². The summed E-state index contributed by atoms with van der Waals surface area (Å²) in [6, 6.07) is 4.66. The van der Waals surface area contributed by atoms with E-state index in [1.165, 1.54) is 12.1 Å². The molecule has 0 heterocycles. The predicted octanol–water partition coefficient (Wildman–Crippen LogP) is 6.27. The Labute approximate surface area is 155 Å². The molecule has 3 rings (SSSR count). The molecule has 0 bridgehead atoms. The average Bonchev–Trinajstić information content (AvgIpc) is 2.65. The van der Waals surface area contributed by atoms with E-state index in [1.54, 1.807) is 0 Å². The maximum absolute atomic E-state index is 14.0. The third-order valence-corrected chi connectivity index (χ3v) is 5.12. The van der Waals surface area contributed by atoms with Crippen LogP contribution in [0.25, 0.3) is 0 Å². The second kappa shape index (κ2) is 8.12. The first kappa shape index (κ1) is 19.4. The monoisotopic (exact) mass is 378 g/mol. The molecule has 27 heavy (non-hydrogen) atoms. The maximum Gasteiger partial charge on any atom is 0.194 e. The summed E-state index contributed by atoms with van der Waals surface area (Å²) >= 11 is 0. The molecule has 1 fully saturated rings. The number of aryl methyl sites for hydroxylation is 1. The van der Waals surface area contributed by atoms with Gasteiger partial charge in [0.05, 0.1) is 5.56 Å². The molecule has 142 valence electrons. The molecule has 0 saturated heterocycles. The van der Waals surface area contributed by atoms with E-state index in [-0.39, 0.29) is 17.4 Å². The number of halogens is 5. The average molecular weight is 378 g/mol. The first-order chi connectivity index (χ1) is 12.9. The van der Waals surface area contributed by atoms with E-state index < -0.39 is 29.1 Å². The Hall–Kier alpha value is -2.35. The van der Waals surface area contributed by atoms with Crippen molar-refractivity contribution < 1.29 is 22.0 Å². The third kappa shape index (κ3) is 4.32. The lowest BCUT2D eigenvalue weighted by atomic mass is 9.79. The standard InChI is InChI=1S/C22H19F5/c1-2-13-9-18(23)17(19(24)10-13)8-5-14-3-6-15(7-4-14)16-11-20(25)22(27)21(26)12-16/h9-12,14-15H,2-4,6-7H2,1H3/t14-,15-. The van der Waals surface area contributed by atoms with Gasteiger partial charge in [-0.1, -0.05) is 18.8 Å². The van der Waals surface area contributed by atoms with Gasteiger partial charge in [0.2, 0.25) is 0 Å². The van der Waals surface area contributed by atoms with Crippen molar-refractivity contribution in [2.75, 3.05) is 0 Å². The topological polar surface area (TPSA) is 0 Å². The number of benzene rings is 2. The van der Waals surface area contributed by atoms with Gasteiger partial charge in [-0.25, -0.2) is 22.0 Å². The largest absolute Gasteiger partial charge is 0.206 e. The van der Waals surface area contributed by atoms with E-state index in [0.717, 1.165) is 12.1 Å². The summed E-state index contributed by atoms with van der Waals surface area (Å²) in [4.78, 5) is 0. The Balaban J connectivity index is 1.69. The fourth-order valence-electron chi connectivity index (χ4n) is 3.51. The van der Waals surface area contributed by atoms with Gasteiger partial charge in [-0.15, -0.1) is 0 Å². The van der Waals surface area contributed by atoms with Gasteiger partial charge < -0.3 is 0 Å². The lowest BCUT2D eigenvalue weighted by molar-refractivity contribution is 0.379. The molecule has 0 N–H and O–H groups in total. The molecule has 0 atom stereocenters. The molecule has 0 unspecified atom stereocenters. The molecular weight excluding hydrogens is 359 g/mol. The first-order valence-corrected chi connectivity index (χ1v) is 9.03. The Morgan fingerprint density at radius 1 is 0.815 bits per heavy atom. The van der Waals surface area contributed by atoms with Crippen LogP contribution in [0.4, 0.5) is 22.0 Å². The molecule has 1 aliphatic rings. The lowest BCUT2D eigenvalue weighted by Crippen LogP contribution is -2.13. The fourth-order valence-corrected chi connectivity index (χ4v) is 3.51. The van der Waals surface area contributed by atoms with E-state index in [1.807, 2.05) is 6.92 Å². The molecular formula is C22H19F5.